The van der Waals surface area contributed by atoms with Gasteiger partial charge in [-0.25, -0.2) is 4.98 Å². The molecule has 0 saturated heterocycles. The molecule has 0 bridgehead atoms. The molecule has 0 radical (unpaired) electrons. The molecule has 26 heavy (non-hydrogen) atoms. The summed E-state index contributed by atoms with van der Waals surface area (Å²) in [6, 6.07) is 16.0. The smallest absolute Gasteiger partial charge is 0.140 e. The van der Waals surface area contributed by atoms with Crippen LogP contribution in [0, 0.1) is 0 Å². The Hall–Kier alpha value is -2.79. The second-order valence-corrected chi connectivity index (χ2v) is 7.20. The van der Waals surface area contributed by atoms with Gasteiger partial charge in [-0.15, -0.1) is 11.3 Å². The minimum Gasteiger partial charge on any atom is -0.513 e. The van der Waals surface area contributed by atoms with Crippen molar-refractivity contribution in [3.8, 4) is 22.8 Å². The fourth-order valence-electron chi connectivity index (χ4n) is 3.06. The van der Waals surface area contributed by atoms with Gasteiger partial charge in [0.15, 0.2) is 0 Å². The van der Waals surface area contributed by atoms with E-state index in [2.05, 4.69) is 23.7 Å². The number of ether oxygens (including phenoxy) is 2. The number of aliphatic hydroxyl groups excluding tert-OH is 1. The number of nitrogens with zero attached hydrogens (tertiary/aromatic N) is 1. The lowest BCUT2D eigenvalue weighted by Gasteiger charge is -2.08. The van der Waals surface area contributed by atoms with Gasteiger partial charge in [0.2, 0.25) is 0 Å². The van der Waals surface area contributed by atoms with Gasteiger partial charge in [0, 0.05) is 34.9 Å². The van der Waals surface area contributed by atoms with Crippen LogP contribution >= 0.6 is 11.3 Å². The normalized spacial score (nSPS) is 15.3. The maximum atomic E-state index is 9.41. The van der Waals surface area contributed by atoms with E-state index in [0.29, 0.717) is 19.6 Å². The summed E-state index contributed by atoms with van der Waals surface area (Å²) in [5, 5.41) is 12.4. The molecular weight excluding hydrogens is 346 g/mol. The van der Waals surface area contributed by atoms with Crippen LogP contribution in [0.2, 0.25) is 0 Å². The highest BCUT2D eigenvalue weighted by Gasteiger charge is 2.25. The Kier molecular flexibility index (Phi) is 4.63. The van der Waals surface area contributed by atoms with E-state index in [-0.39, 0.29) is 11.7 Å². The Morgan fingerprint density at radius 2 is 2.12 bits per heavy atom. The third-order valence-electron chi connectivity index (χ3n) is 4.33. The topological polar surface area (TPSA) is 51.6 Å². The Balaban J connectivity index is 1.42. The molecule has 2 aromatic carbocycles. The summed E-state index contributed by atoms with van der Waals surface area (Å²) in [4.78, 5) is 4.64. The lowest BCUT2D eigenvalue weighted by Crippen LogP contribution is -2.01. The number of hydrogen-bond donors (Lipinski definition) is 1. The van der Waals surface area contributed by atoms with E-state index >= 15 is 0 Å². The molecule has 1 aliphatic heterocycles. The second-order valence-electron chi connectivity index (χ2n) is 6.26. The van der Waals surface area contributed by atoms with E-state index < -0.39 is 0 Å². The van der Waals surface area contributed by atoms with E-state index in [0.717, 1.165) is 33.3 Å². The Labute approximate surface area is 156 Å². The Bertz CT molecular complexity index is 920. The van der Waals surface area contributed by atoms with Crippen molar-refractivity contribution >= 4 is 11.3 Å². The molecular formula is C21H19NO3S. The average molecular weight is 365 g/mol. The largest absolute Gasteiger partial charge is 0.513 e. The van der Waals surface area contributed by atoms with Crippen LogP contribution in [0.4, 0.5) is 0 Å². The monoisotopic (exact) mass is 365 g/mol. The van der Waals surface area contributed by atoms with Crippen LogP contribution in [-0.2, 0) is 6.61 Å². The van der Waals surface area contributed by atoms with Crippen LogP contribution in [0.5, 0.6) is 11.5 Å². The third-order valence-corrected chi connectivity index (χ3v) is 5.15. The molecule has 4 nitrogen and oxygen atoms in total. The fourth-order valence-corrected chi connectivity index (χ4v) is 3.78. The quantitative estimate of drug-likeness (QED) is 0.600. The van der Waals surface area contributed by atoms with Gasteiger partial charge in [-0.1, -0.05) is 43.0 Å². The molecule has 1 unspecified atom stereocenters. The first kappa shape index (κ1) is 16.7. The van der Waals surface area contributed by atoms with Gasteiger partial charge in [-0.3, -0.25) is 0 Å². The molecule has 4 rings (SSSR count). The van der Waals surface area contributed by atoms with E-state index in [1.54, 1.807) is 11.3 Å². The highest BCUT2D eigenvalue weighted by atomic mass is 32.1. The lowest BCUT2D eigenvalue weighted by molar-refractivity contribution is 0.296. The van der Waals surface area contributed by atoms with Crippen LogP contribution in [0.3, 0.4) is 0 Å². The number of thiazole rings is 1. The van der Waals surface area contributed by atoms with Crippen molar-refractivity contribution in [3.05, 3.63) is 76.8 Å². The molecule has 0 amide bonds. The lowest BCUT2D eigenvalue weighted by atomic mass is 9.97. The van der Waals surface area contributed by atoms with E-state index in [1.807, 2.05) is 41.8 Å². The van der Waals surface area contributed by atoms with E-state index in [4.69, 9.17) is 9.47 Å². The summed E-state index contributed by atoms with van der Waals surface area (Å²) in [6.45, 7) is 4.55. The minimum absolute atomic E-state index is 0.156. The van der Waals surface area contributed by atoms with Crippen LogP contribution < -0.4 is 9.47 Å². The van der Waals surface area contributed by atoms with Crippen LogP contribution in [0.25, 0.3) is 11.3 Å². The van der Waals surface area contributed by atoms with Crippen LogP contribution in [0.1, 0.15) is 22.9 Å². The third kappa shape index (κ3) is 3.58. The molecule has 0 aliphatic carbocycles. The average Bonchev–Trinajstić information content (AvgIpc) is 3.27. The summed E-state index contributed by atoms with van der Waals surface area (Å²) in [5.74, 6) is 1.91. The van der Waals surface area contributed by atoms with Crippen molar-refractivity contribution in [1.29, 1.82) is 0 Å². The van der Waals surface area contributed by atoms with Gasteiger partial charge >= 0.3 is 0 Å². The van der Waals surface area contributed by atoms with Crippen molar-refractivity contribution < 1.29 is 14.6 Å². The standard InChI is InChI=1S/C21H19NO3S/c1-14(23)9-16-11-25-20-10-17(7-8-18(16)20)24-12-21-22-19(13-26-21)15-5-3-2-4-6-15/h2-8,10,13,16,23H,1,9,11-12H2. The number of benzene rings is 2. The summed E-state index contributed by atoms with van der Waals surface area (Å²) < 4.78 is 11.6. The van der Waals surface area contributed by atoms with Crippen LogP contribution in [0.15, 0.2) is 66.2 Å². The number of hydrogen-bond acceptors (Lipinski definition) is 5. The molecule has 0 saturated carbocycles. The summed E-state index contributed by atoms with van der Waals surface area (Å²) >= 11 is 1.59. The molecule has 1 N–H and O–H groups in total. The minimum atomic E-state index is 0.156. The molecule has 1 aliphatic rings. The zero-order valence-electron chi connectivity index (χ0n) is 14.2. The first-order valence-corrected chi connectivity index (χ1v) is 9.33. The summed E-state index contributed by atoms with van der Waals surface area (Å²) in [5.41, 5.74) is 3.17. The summed E-state index contributed by atoms with van der Waals surface area (Å²) in [7, 11) is 0. The molecule has 1 aromatic heterocycles. The molecule has 3 aromatic rings. The van der Waals surface area contributed by atoms with Gasteiger partial charge < -0.3 is 14.6 Å². The highest BCUT2D eigenvalue weighted by molar-refractivity contribution is 7.09. The van der Waals surface area contributed by atoms with E-state index in [9.17, 15) is 5.11 Å². The zero-order valence-corrected chi connectivity index (χ0v) is 15.0. The van der Waals surface area contributed by atoms with Crippen molar-refractivity contribution in [2.75, 3.05) is 6.61 Å². The molecule has 0 fully saturated rings. The number of rotatable bonds is 6. The first-order chi connectivity index (χ1) is 12.7. The maximum Gasteiger partial charge on any atom is 0.140 e. The second kappa shape index (κ2) is 7.22. The Morgan fingerprint density at radius 3 is 2.92 bits per heavy atom. The number of aromatic nitrogens is 1. The van der Waals surface area contributed by atoms with Gasteiger partial charge in [0.25, 0.3) is 0 Å². The van der Waals surface area contributed by atoms with Crippen molar-refractivity contribution in [1.82, 2.24) is 4.98 Å². The van der Waals surface area contributed by atoms with Gasteiger partial charge in [0.1, 0.15) is 23.1 Å². The van der Waals surface area contributed by atoms with Crippen molar-refractivity contribution in [2.45, 2.75) is 18.9 Å². The molecule has 0 spiro atoms. The molecule has 132 valence electrons. The maximum absolute atomic E-state index is 9.41. The van der Waals surface area contributed by atoms with Gasteiger partial charge in [-0.2, -0.15) is 0 Å². The predicted molar refractivity (Wildman–Crippen MR) is 103 cm³/mol. The zero-order chi connectivity index (χ0) is 17.9. The number of fused-ring (bicyclic) bond motifs is 1. The summed E-state index contributed by atoms with van der Waals surface area (Å²) in [6.07, 6.45) is 0.522. The fraction of sp³-hybridized carbons (Fsp3) is 0.190. The van der Waals surface area contributed by atoms with Crippen LogP contribution in [-0.4, -0.2) is 16.7 Å². The first-order valence-electron chi connectivity index (χ1n) is 8.45. The van der Waals surface area contributed by atoms with E-state index in [1.165, 1.54) is 0 Å². The SMILES string of the molecule is C=C(O)CC1COc2cc(OCc3nc(-c4ccccc4)cs3)ccc21. The number of allylic oxidation sites excluding steroid dienone is 1. The Morgan fingerprint density at radius 1 is 1.27 bits per heavy atom. The molecule has 1 atom stereocenters. The predicted octanol–water partition coefficient (Wildman–Crippen LogP) is 5.33. The molecule has 2 heterocycles. The van der Waals surface area contributed by atoms with Gasteiger partial charge in [-0.05, 0) is 6.07 Å². The van der Waals surface area contributed by atoms with Gasteiger partial charge in [0.05, 0.1) is 18.1 Å². The van der Waals surface area contributed by atoms with Crippen molar-refractivity contribution in [3.63, 3.8) is 0 Å². The highest BCUT2D eigenvalue weighted by Crippen LogP contribution is 2.39. The van der Waals surface area contributed by atoms with Crippen molar-refractivity contribution in [2.24, 2.45) is 0 Å². The number of aliphatic hydroxyl groups is 1. The molecule has 5 heteroatoms.